The van der Waals surface area contributed by atoms with Gasteiger partial charge >= 0.3 is 0 Å². The van der Waals surface area contributed by atoms with Crippen molar-refractivity contribution in [2.45, 2.75) is 57.8 Å². The van der Waals surface area contributed by atoms with Crippen LogP contribution >= 0.6 is 0 Å². The third-order valence-electron chi connectivity index (χ3n) is 5.02. The Balaban J connectivity index is 1.58. The molecule has 1 saturated carbocycles. The van der Waals surface area contributed by atoms with Crippen LogP contribution in [0.4, 0.5) is 0 Å². The molecule has 1 aliphatic carbocycles. The number of hydrogen-bond donors (Lipinski definition) is 0. The van der Waals surface area contributed by atoms with Gasteiger partial charge in [-0.25, -0.2) is 0 Å². The van der Waals surface area contributed by atoms with Gasteiger partial charge in [-0.1, -0.05) is 24.3 Å². The highest BCUT2D eigenvalue weighted by Gasteiger charge is 2.35. The van der Waals surface area contributed by atoms with E-state index in [1.807, 2.05) is 0 Å². The number of methoxy groups -OCH3 is 1. The van der Waals surface area contributed by atoms with Crippen molar-refractivity contribution in [2.24, 2.45) is 0 Å². The summed E-state index contributed by atoms with van der Waals surface area (Å²) >= 11 is 0. The molecule has 2 fully saturated rings. The summed E-state index contributed by atoms with van der Waals surface area (Å²) in [5, 5.41) is 0. The van der Waals surface area contributed by atoms with Crippen molar-refractivity contribution in [3.05, 3.63) is 35.4 Å². The van der Waals surface area contributed by atoms with Gasteiger partial charge in [-0.05, 0) is 43.4 Å². The standard InChI is InChI=1S/C19H28N2O2/c1-15(22)21(18-9-10-18)13-19-4-3-11-20(19)12-16-5-7-17(8-6-16)14-23-2/h5-8,18-19H,3-4,9-14H2,1-2H3. The summed E-state index contributed by atoms with van der Waals surface area (Å²) in [5.74, 6) is 0.239. The monoisotopic (exact) mass is 316 g/mol. The molecule has 1 aromatic rings. The van der Waals surface area contributed by atoms with Crippen LogP contribution in [-0.4, -0.2) is 48.0 Å². The molecule has 4 heteroatoms. The van der Waals surface area contributed by atoms with Gasteiger partial charge in [-0.2, -0.15) is 0 Å². The van der Waals surface area contributed by atoms with Gasteiger partial charge in [0.15, 0.2) is 0 Å². The number of carbonyl (C=O) groups is 1. The zero-order valence-electron chi connectivity index (χ0n) is 14.3. The molecular weight excluding hydrogens is 288 g/mol. The summed E-state index contributed by atoms with van der Waals surface area (Å²) in [6.07, 6.45) is 4.82. The van der Waals surface area contributed by atoms with Gasteiger partial charge in [0.1, 0.15) is 0 Å². The second-order valence-corrected chi connectivity index (χ2v) is 6.92. The van der Waals surface area contributed by atoms with E-state index in [9.17, 15) is 4.79 Å². The number of rotatable bonds is 7. The van der Waals surface area contributed by atoms with E-state index in [1.165, 1.54) is 36.8 Å². The summed E-state index contributed by atoms with van der Waals surface area (Å²) in [5.41, 5.74) is 2.56. The van der Waals surface area contributed by atoms with E-state index >= 15 is 0 Å². The molecule has 2 aliphatic rings. The minimum absolute atomic E-state index is 0.239. The van der Waals surface area contributed by atoms with Gasteiger partial charge in [0.05, 0.1) is 6.61 Å². The van der Waals surface area contributed by atoms with Crippen LogP contribution in [0.15, 0.2) is 24.3 Å². The molecule has 0 radical (unpaired) electrons. The molecule has 1 aromatic carbocycles. The fourth-order valence-corrected chi connectivity index (χ4v) is 3.60. The minimum atomic E-state index is 0.239. The molecule has 0 bridgehead atoms. The zero-order valence-corrected chi connectivity index (χ0v) is 14.3. The van der Waals surface area contributed by atoms with Crippen LogP contribution in [-0.2, 0) is 22.7 Å². The number of amides is 1. The fourth-order valence-electron chi connectivity index (χ4n) is 3.60. The first-order valence-electron chi connectivity index (χ1n) is 8.75. The van der Waals surface area contributed by atoms with Crippen LogP contribution in [0.25, 0.3) is 0 Å². The Bertz CT molecular complexity index is 525. The van der Waals surface area contributed by atoms with Gasteiger partial charge in [0.2, 0.25) is 5.91 Å². The highest BCUT2D eigenvalue weighted by atomic mass is 16.5. The third kappa shape index (κ3) is 4.33. The van der Waals surface area contributed by atoms with Gasteiger partial charge in [0, 0.05) is 39.2 Å². The molecule has 0 aromatic heterocycles. The first kappa shape index (κ1) is 16.5. The predicted octanol–water partition coefficient (Wildman–Crippen LogP) is 2.81. The van der Waals surface area contributed by atoms with Crippen LogP contribution in [0.2, 0.25) is 0 Å². The van der Waals surface area contributed by atoms with Crippen LogP contribution in [0.1, 0.15) is 43.7 Å². The number of likely N-dealkylation sites (tertiary alicyclic amines) is 1. The summed E-state index contributed by atoms with van der Waals surface area (Å²) in [6.45, 7) is 5.41. The van der Waals surface area contributed by atoms with Crippen LogP contribution in [0, 0.1) is 0 Å². The molecule has 1 unspecified atom stereocenters. The van der Waals surface area contributed by atoms with E-state index in [0.29, 0.717) is 18.7 Å². The van der Waals surface area contributed by atoms with Crippen molar-refractivity contribution in [2.75, 3.05) is 20.2 Å². The van der Waals surface area contributed by atoms with Gasteiger partial charge < -0.3 is 9.64 Å². The average molecular weight is 316 g/mol. The highest BCUT2D eigenvalue weighted by molar-refractivity contribution is 5.74. The molecule has 1 aliphatic heterocycles. The first-order valence-corrected chi connectivity index (χ1v) is 8.75. The van der Waals surface area contributed by atoms with Gasteiger partial charge in [-0.15, -0.1) is 0 Å². The molecule has 3 rings (SSSR count). The van der Waals surface area contributed by atoms with Gasteiger partial charge in [-0.3, -0.25) is 9.69 Å². The predicted molar refractivity (Wildman–Crippen MR) is 91.0 cm³/mol. The summed E-state index contributed by atoms with van der Waals surface area (Å²) in [6, 6.07) is 9.73. The summed E-state index contributed by atoms with van der Waals surface area (Å²) in [7, 11) is 1.73. The molecule has 1 atom stereocenters. The third-order valence-corrected chi connectivity index (χ3v) is 5.02. The maximum absolute atomic E-state index is 11.9. The molecule has 1 saturated heterocycles. The summed E-state index contributed by atoms with van der Waals surface area (Å²) in [4.78, 5) is 16.5. The molecule has 126 valence electrons. The Morgan fingerprint density at radius 3 is 2.52 bits per heavy atom. The second-order valence-electron chi connectivity index (χ2n) is 6.92. The van der Waals surface area contributed by atoms with E-state index in [2.05, 4.69) is 34.1 Å². The molecule has 1 heterocycles. The first-order chi connectivity index (χ1) is 11.2. The van der Waals surface area contributed by atoms with Crippen molar-refractivity contribution in [1.82, 2.24) is 9.80 Å². The van der Waals surface area contributed by atoms with Crippen molar-refractivity contribution in [3.63, 3.8) is 0 Å². The number of nitrogens with zero attached hydrogens (tertiary/aromatic N) is 2. The largest absolute Gasteiger partial charge is 0.380 e. The highest BCUT2D eigenvalue weighted by Crippen LogP contribution is 2.29. The van der Waals surface area contributed by atoms with Crippen molar-refractivity contribution < 1.29 is 9.53 Å². The quantitative estimate of drug-likeness (QED) is 0.775. The lowest BCUT2D eigenvalue weighted by molar-refractivity contribution is -0.130. The summed E-state index contributed by atoms with van der Waals surface area (Å²) < 4.78 is 5.16. The Labute approximate surface area is 139 Å². The lowest BCUT2D eigenvalue weighted by Crippen LogP contribution is -2.43. The smallest absolute Gasteiger partial charge is 0.219 e. The minimum Gasteiger partial charge on any atom is -0.380 e. The molecule has 0 N–H and O–H groups in total. The maximum Gasteiger partial charge on any atom is 0.219 e. The lowest BCUT2D eigenvalue weighted by atomic mass is 10.1. The van der Waals surface area contributed by atoms with Gasteiger partial charge in [0.25, 0.3) is 0 Å². The molecular formula is C19H28N2O2. The molecule has 0 spiro atoms. The van der Waals surface area contributed by atoms with E-state index in [0.717, 1.165) is 19.6 Å². The van der Waals surface area contributed by atoms with Crippen LogP contribution in [0.3, 0.4) is 0 Å². The topological polar surface area (TPSA) is 32.8 Å². The SMILES string of the molecule is COCc1ccc(CN2CCCC2CN(C(C)=O)C2CC2)cc1. The number of hydrogen-bond acceptors (Lipinski definition) is 3. The lowest BCUT2D eigenvalue weighted by Gasteiger charge is -2.30. The number of ether oxygens (including phenoxy) is 1. The van der Waals surface area contributed by atoms with Crippen LogP contribution < -0.4 is 0 Å². The van der Waals surface area contributed by atoms with E-state index in [4.69, 9.17) is 4.74 Å². The van der Waals surface area contributed by atoms with E-state index in [1.54, 1.807) is 14.0 Å². The Kier molecular flexibility index (Phi) is 5.34. The molecule has 1 amide bonds. The van der Waals surface area contributed by atoms with Crippen molar-refractivity contribution in [3.8, 4) is 0 Å². The van der Waals surface area contributed by atoms with Crippen molar-refractivity contribution in [1.29, 1.82) is 0 Å². The normalized spacial score (nSPS) is 21.6. The molecule has 4 nitrogen and oxygen atoms in total. The number of carbonyl (C=O) groups excluding carboxylic acids is 1. The molecule has 23 heavy (non-hydrogen) atoms. The Morgan fingerprint density at radius 2 is 1.91 bits per heavy atom. The maximum atomic E-state index is 11.9. The number of benzene rings is 1. The van der Waals surface area contributed by atoms with E-state index in [-0.39, 0.29) is 5.91 Å². The zero-order chi connectivity index (χ0) is 16.2. The fraction of sp³-hybridized carbons (Fsp3) is 0.632. The van der Waals surface area contributed by atoms with Crippen molar-refractivity contribution >= 4 is 5.91 Å². The Hall–Kier alpha value is -1.39. The van der Waals surface area contributed by atoms with Crippen LogP contribution in [0.5, 0.6) is 0 Å². The average Bonchev–Trinajstić information content (AvgIpc) is 3.28. The second kappa shape index (κ2) is 7.45. The van der Waals surface area contributed by atoms with E-state index < -0.39 is 0 Å². The Morgan fingerprint density at radius 1 is 1.22 bits per heavy atom.